The van der Waals surface area contributed by atoms with Crippen molar-refractivity contribution in [2.24, 2.45) is 5.92 Å². The van der Waals surface area contributed by atoms with E-state index in [1.807, 2.05) is 0 Å². The van der Waals surface area contributed by atoms with Gasteiger partial charge in [0.25, 0.3) is 0 Å². The monoisotopic (exact) mass is 253 g/mol. The quantitative estimate of drug-likeness (QED) is 0.377. The maximum absolute atomic E-state index is 11.3. The zero-order valence-electron chi connectivity index (χ0n) is 11.9. The summed E-state index contributed by atoms with van der Waals surface area (Å²) in [6.07, 6.45) is 10.3. The number of hydrogen-bond acceptors (Lipinski definition) is 2. The summed E-state index contributed by atoms with van der Waals surface area (Å²) < 4.78 is 0. The van der Waals surface area contributed by atoms with Crippen molar-refractivity contribution in [3.8, 4) is 0 Å². The SMILES string of the molecule is CCCCCC(O)/C=C\C=C\C(=O)NCC(C)C. The number of carbonyl (C=O) groups excluding carboxylic acids is 1. The van der Waals surface area contributed by atoms with Crippen LogP contribution in [-0.2, 0) is 4.79 Å². The van der Waals surface area contributed by atoms with Crippen LogP contribution in [0.4, 0.5) is 0 Å². The fraction of sp³-hybridized carbons (Fsp3) is 0.667. The van der Waals surface area contributed by atoms with Crippen LogP contribution in [0.25, 0.3) is 0 Å². The van der Waals surface area contributed by atoms with Gasteiger partial charge in [-0.3, -0.25) is 4.79 Å². The first-order valence-electron chi connectivity index (χ1n) is 6.87. The molecule has 0 aromatic rings. The molecule has 2 N–H and O–H groups in total. The minimum Gasteiger partial charge on any atom is -0.389 e. The minimum atomic E-state index is -0.403. The zero-order chi connectivity index (χ0) is 13.8. The van der Waals surface area contributed by atoms with Crippen molar-refractivity contribution in [3.63, 3.8) is 0 Å². The van der Waals surface area contributed by atoms with Gasteiger partial charge in [0.1, 0.15) is 0 Å². The molecule has 0 radical (unpaired) electrons. The third-order valence-corrected chi connectivity index (χ3v) is 2.48. The molecule has 104 valence electrons. The molecule has 1 atom stereocenters. The second kappa shape index (κ2) is 11.0. The number of allylic oxidation sites excluding steroid dienone is 2. The third-order valence-electron chi connectivity index (χ3n) is 2.48. The van der Waals surface area contributed by atoms with Gasteiger partial charge in [-0.1, -0.05) is 58.3 Å². The molecule has 0 spiro atoms. The van der Waals surface area contributed by atoms with E-state index in [4.69, 9.17) is 0 Å². The van der Waals surface area contributed by atoms with E-state index in [2.05, 4.69) is 26.1 Å². The van der Waals surface area contributed by atoms with Crippen LogP contribution in [0.5, 0.6) is 0 Å². The van der Waals surface area contributed by atoms with Crippen molar-refractivity contribution in [2.75, 3.05) is 6.54 Å². The van der Waals surface area contributed by atoms with E-state index in [1.165, 1.54) is 6.08 Å². The molecule has 0 aliphatic heterocycles. The molecule has 0 saturated carbocycles. The van der Waals surface area contributed by atoms with Gasteiger partial charge >= 0.3 is 0 Å². The number of aliphatic hydroxyl groups is 1. The summed E-state index contributed by atoms with van der Waals surface area (Å²) in [6, 6.07) is 0. The Hall–Kier alpha value is -1.09. The van der Waals surface area contributed by atoms with E-state index >= 15 is 0 Å². The molecular formula is C15H27NO2. The standard InChI is InChI=1S/C15H27NO2/c1-4-5-6-9-14(17)10-7-8-11-15(18)16-12-13(2)3/h7-8,10-11,13-14,17H,4-6,9,12H2,1-3H3,(H,16,18)/b10-7-,11-8+. The molecule has 0 aromatic carbocycles. The summed E-state index contributed by atoms with van der Waals surface area (Å²) >= 11 is 0. The van der Waals surface area contributed by atoms with Gasteiger partial charge in [-0.2, -0.15) is 0 Å². The Labute approximate surface area is 111 Å². The molecule has 1 amide bonds. The third kappa shape index (κ3) is 11.4. The highest BCUT2D eigenvalue weighted by molar-refractivity contribution is 5.87. The highest BCUT2D eigenvalue weighted by Crippen LogP contribution is 2.04. The van der Waals surface area contributed by atoms with Gasteiger partial charge in [0.2, 0.25) is 5.91 Å². The highest BCUT2D eigenvalue weighted by atomic mass is 16.3. The Kier molecular flexibility index (Phi) is 10.4. The van der Waals surface area contributed by atoms with E-state index in [1.54, 1.807) is 18.2 Å². The first-order valence-corrected chi connectivity index (χ1v) is 6.87. The molecule has 0 saturated heterocycles. The van der Waals surface area contributed by atoms with Crippen LogP contribution in [0.1, 0.15) is 46.5 Å². The van der Waals surface area contributed by atoms with Gasteiger partial charge in [0.05, 0.1) is 6.10 Å². The van der Waals surface area contributed by atoms with E-state index in [0.717, 1.165) is 25.7 Å². The Morgan fingerprint density at radius 2 is 2.00 bits per heavy atom. The van der Waals surface area contributed by atoms with Crippen LogP contribution in [-0.4, -0.2) is 23.7 Å². The number of hydrogen-bond donors (Lipinski definition) is 2. The van der Waals surface area contributed by atoms with E-state index < -0.39 is 6.10 Å². The van der Waals surface area contributed by atoms with Crippen molar-refractivity contribution in [2.45, 2.75) is 52.6 Å². The van der Waals surface area contributed by atoms with Gasteiger partial charge in [-0.25, -0.2) is 0 Å². The summed E-state index contributed by atoms with van der Waals surface area (Å²) in [6.45, 7) is 6.93. The van der Waals surface area contributed by atoms with E-state index in [-0.39, 0.29) is 5.91 Å². The summed E-state index contributed by atoms with van der Waals surface area (Å²) in [7, 11) is 0. The van der Waals surface area contributed by atoms with Gasteiger partial charge < -0.3 is 10.4 Å². The number of amides is 1. The molecule has 3 nitrogen and oxygen atoms in total. The Balaban J connectivity index is 3.75. The lowest BCUT2D eigenvalue weighted by Gasteiger charge is -2.04. The van der Waals surface area contributed by atoms with Crippen molar-refractivity contribution >= 4 is 5.91 Å². The molecule has 0 heterocycles. The molecule has 0 bridgehead atoms. The molecule has 0 rings (SSSR count). The number of aliphatic hydroxyl groups excluding tert-OH is 1. The first-order chi connectivity index (χ1) is 8.56. The maximum Gasteiger partial charge on any atom is 0.243 e. The lowest BCUT2D eigenvalue weighted by Crippen LogP contribution is -2.25. The predicted molar refractivity (Wildman–Crippen MR) is 76.3 cm³/mol. The fourth-order valence-electron chi connectivity index (χ4n) is 1.40. The second-order valence-corrected chi connectivity index (χ2v) is 4.95. The Bertz CT molecular complexity index is 270. The highest BCUT2D eigenvalue weighted by Gasteiger charge is 1.98. The van der Waals surface area contributed by atoms with Crippen molar-refractivity contribution in [1.29, 1.82) is 0 Å². The topological polar surface area (TPSA) is 49.3 Å². The number of carbonyl (C=O) groups is 1. The van der Waals surface area contributed by atoms with Crippen molar-refractivity contribution < 1.29 is 9.90 Å². The van der Waals surface area contributed by atoms with Crippen LogP contribution in [0, 0.1) is 5.92 Å². The zero-order valence-corrected chi connectivity index (χ0v) is 11.9. The first kappa shape index (κ1) is 16.9. The summed E-state index contributed by atoms with van der Waals surface area (Å²) in [5.74, 6) is 0.368. The maximum atomic E-state index is 11.3. The lowest BCUT2D eigenvalue weighted by molar-refractivity contribution is -0.116. The average molecular weight is 253 g/mol. The Morgan fingerprint density at radius 3 is 2.61 bits per heavy atom. The molecule has 3 heteroatoms. The molecular weight excluding hydrogens is 226 g/mol. The summed E-state index contributed by atoms with van der Waals surface area (Å²) in [5, 5.41) is 12.4. The van der Waals surface area contributed by atoms with Crippen LogP contribution in [0.3, 0.4) is 0 Å². The predicted octanol–water partition coefficient (Wildman–Crippen LogP) is 2.81. The largest absolute Gasteiger partial charge is 0.389 e. The summed E-state index contributed by atoms with van der Waals surface area (Å²) in [5.41, 5.74) is 0. The average Bonchev–Trinajstić information content (AvgIpc) is 2.32. The second-order valence-electron chi connectivity index (χ2n) is 4.95. The molecule has 0 aliphatic carbocycles. The minimum absolute atomic E-state index is 0.0891. The fourth-order valence-corrected chi connectivity index (χ4v) is 1.40. The van der Waals surface area contributed by atoms with Crippen LogP contribution in [0.15, 0.2) is 24.3 Å². The van der Waals surface area contributed by atoms with Gasteiger partial charge in [-0.15, -0.1) is 0 Å². The normalized spacial score (nSPS) is 13.6. The van der Waals surface area contributed by atoms with Crippen LogP contribution >= 0.6 is 0 Å². The molecule has 0 fully saturated rings. The Morgan fingerprint density at radius 1 is 1.28 bits per heavy atom. The molecule has 18 heavy (non-hydrogen) atoms. The molecule has 0 aliphatic rings. The van der Waals surface area contributed by atoms with Crippen molar-refractivity contribution in [1.82, 2.24) is 5.32 Å². The molecule has 1 unspecified atom stereocenters. The number of unbranched alkanes of at least 4 members (excludes halogenated alkanes) is 2. The number of rotatable bonds is 9. The van der Waals surface area contributed by atoms with E-state index in [9.17, 15) is 9.90 Å². The molecule has 0 aromatic heterocycles. The van der Waals surface area contributed by atoms with E-state index in [0.29, 0.717) is 12.5 Å². The van der Waals surface area contributed by atoms with Crippen LogP contribution < -0.4 is 5.32 Å². The smallest absolute Gasteiger partial charge is 0.243 e. The van der Waals surface area contributed by atoms with Crippen LogP contribution in [0.2, 0.25) is 0 Å². The van der Waals surface area contributed by atoms with Gasteiger partial charge in [0.15, 0.2) is 0 Å². The van der Waals surface area contributed by atoms with Gasteiger partial charge in [-0.05, 0) is 12.3 Å². The summed E-state index contributed by atoms with van der Waals surface area (Å²) in [4.78, 5) is 11.3. The van der Waals surface area contributed by atoms with Gasteiger partial charge in [0, 0.05) is 12.6 Å². The lowest BCUT2D eigenvalue weighted by atomic mass is 10.1. The number of nitrogens with one attached hydrogen (secondary N) is 1. The van der Waals surface area contributed by atoms with Crippen molar-refractivity contribution in [3.05, 3.63) is 24.3 Å².